The lowest BCUT2D eigenvalue weighted by Crippen LogP contribution is -2.29. The van der Waals surface area contributed by atoms with Crippen LogP contribution in [0.1, 0.15) is 30.4 Å². The Hall–Kier alpha value is -1.53. The zero-order valence-corrected chi connectivity index (χ0v) is 15.0. The minimum absolute atomic E-state index is 0.232. The summed E-state index contributed by atoms with van der Waals surface area (Å²) in [6, 6.07) is 19.8. The van der Waals surface area contributed by atoms with Crippen LogP contribution in [0.15, 0.2) is 60.7 Å². The fraction of sp³-hybridized carbons (Fsp3) is 0.400. The number of hydrogen-bond donors (Lipinski definition) is 0. The van der Waals surface area contributed by atoms with E-state index in [0.717, 1.165) is 11.1 Å². The molecule has 1 saturated carbocycles. The zero-order valence-electron chi connectivity index (χ0n) is 14.1. The van der Waals surface area contributed by atoms with Gasteiger partial charge in [0.1, 0.15) is 0 Å². The second-order valence-electron chi connectivity index (χ2n) is 6.54. The Bertz CT molecular complexity index is 671. The van der Waals surface area contributed by atoms with Crippen molar-refractivity contribution in [3.05, 3.63) is 71.8 Å². The quantitative estimate of drug-likeness (QED) is 0.608. The maximum atomic E-state index is 11.5. The van der Waals surface area contributed by atoms with Gasteiger partial charge < -0.3 is 14.0 Å². The van der Waals surface area contributed by atoms with Gasteiger partial charge in [-0.25, -0.2) is 0 Å². The van der Waals surface area contributed by atoms with Crippen molar-refractivity contribution in [1.29, 1.82) is 0 Å². The molecular weight excluding hydrogens is 336 g/mol. The smallest absolute Gasteiger partial charge is 0.0826 e. The summed E-state index contributed by atoms with van der Waals surface area (Å²) in [5, 5.41) is 0. The first-order valence-electron chi connectivity index (χ1n) is 8.54. The van der Waals surface area contributed by atoms with E-state index in [2.05, 4.69) is 0 Å². The van der Waals surface area contributed by atoms with E-state index < -0.39 is 15.8 Å². The molecule has 1 aliphatic rings. The van der Waals surface area contributed by atoms with Gasteiger partial charge in [0.25, 0.3) is 0 Å². The van der Waals surface area contributed by atoms with E-state index in [9.17, 15) is 8.76 Å². The molecule has 25 heavy (non-hydrogen) atoms. The van der Waals surface area contributed by atoms with Crippen molar-refractivity contribution in [2.24, 2.45) is 0 Å². The van der Waals surface area contributed by atoms with Crippen molar-refractivity contribution >= 4 is 11.1 Å². The lowest BCUT2D eigenvalue weighted by Gasteiger charge is -2.25. The van der Waals surface area contributed by atoms with Crippen LogP contribution in [-0.2, 0) is 33.8 Å². The molecule has 0 spiro atoms. The summed E-state index contributed by atoms with van der Waals surface area (Å²) in [6.07, 6.45) is 1.69. The van der Waals surface area contributed by atoms with E-state index in [0.29, 0.717) is 39.1 Å². The van der Waals surface area contributed by atoms with Crippen LogP contribution in [-0.4, -0.2) is 26.2 Å². The minimum atomic E-state index is -2.06. The first-order chi connectivity index (χ1) is 12.2. The lowest BCUT2D eigenvalue weighted by atomic mass is 10.1. The average molecular weight is 359 g/mol. The Balaban J connectivity index is 1.55. The van der Waals surface area contributed by atoms with Gasteiger partial charge in [0.05, 0.1) is 25.9 Å². The molecule has 0 N–H and O–H groups in total. The molecule has 0 aliphatic heterocycles. The Morgan fingerprint density at radius 1 is 0.960 bits per heavy atom. The van der Waals surface area contributed by atoms with Gasteiger partial charge in [0, 0.05) is 4.75 Å². The Kier molecular flexibility index (Phi) is 6.37. The summed E-state index contributed by atoms with van der Waals surface area (Å²) in [5.74, 6) is 0. The van der Waals surface area contributed by atoms with Crippen molar-refractivity contribution in [2.75, 3.05) is 6.61 Å². The molecule has 0 radical (unpaired) electrons. The van der Waals surface area contributed by atoms with Gasteiger partial charge in [0.2, 0.25) is 0 Å². The third-order valence-corrected chi connectivity index (χ3v) is 5.79. The van der Waals surface area contributed by atoms with Crippen LogP contribution in [0, 0.1) is 0 Å². The summed E-state index contributed by atoms with van der Waals surface area (Å²) in [7, 11) is 0. The number of benzene rings is 2. The fourth-order valence-corrected chi connectivity index (χ4v) is 3.59. The van der Waals surface area contributed by atoms with Gasteiger partial charge in [-0.1, -0.05) is 60.7 Å². The van der Waals surface area contributed by atoms with E-state index in [1.807, 2.05) is 60.7 Å². The minimum Gasteiger partial charge on any atom is -0.772 e. The van der Waals surface area contributed by atoms with Crippen LogP contribution in [0.3, 0.4) is 0 Å². The highest BCUT2D eigenvalue weighted by atomic mass is 32.2. The topological polar surface area (TPSA) is 58.6 Å². The molecule has 2 aromatic carbocycles. The Morgan fingerprint density at radius 3 is 2.04 bits per heavy atom. The summed E-state index contributed by atoms with van der Waals surface area (Å²) < 4.78 is 34.2. The predicted octanol–water partition coefficient (Wildman–Crippen LogP) is 3.59. The van der Waals surface area contributed by atoms with Crippen LogP contribution >= 0.6 is 0 Å². The first-order valence-corrected chi connectivity index (χ1v) is 9.62. The van der Waals surface area contributed by atoms with Crippen LogP contribution in [0.4, 0.5) is 0 Å². The predicted molar refractivity (Wildman–Crippen MR) is 96.6 cm³/mol. The fourth-order valence-electron chi connectivity index (χ4n) is 2.83. The van der Waals surface area contributed by atoms with Crippen LogP contribution in [0.5, 0.6) is 0 Å². The highest BCUT2D eigenvalue weighted by Crippen LogP contribution is 2.45. The zero-order chi connectivity index (χ0) is 17.5. The Morgan fingerprint density at radius 2 is 1.52 bits per heavy atom. The van der Waals surface area contributed by atoms with E-state index in [1.54, 1.807) is 0 Å². The molecule has 3 rings (SSSR count). The lowest BCUT2D eigenvalue weighted by molar-refractivity contribution is -0.0345. The van der Waals surface area contributed by atoms with E-state index >= 15 is 0 Å². The van der Waals surface area contributed by atoms with Gasteiger partial charge in [-0.2, -0.15) is 0 Å². The highest BCUT2D eigenvalue weighted by molar-refractivity contribution is 7.81. The monoisotopic (exact) mass is 359 g/mol. The van der Waals surface area contributed by atoms with E-state index in [-0.39, 0.29) is 6.10 Å². The van der Waals surface area contributed by atoms with Crippen molar-refractivity contribution in [1.82, 2.24) is 0 Å². The molecular formula is C20H23O4S-. The van der Waals surface area contributed by atoms with Gasteiger partial charge in [-0.15, -0.1) is 0 Å². The third kappa shape index (κ3) is 5.47. The number of ether oxygens (including phenoxy) is 2. The second-order valence-corrected chi connectivity index (χ2v) is 7.88. The van der Waals surface area contributed by atoms with Crippen LogP contribution in [0.25, 0.3) is 0 Å². The molecule has 134 valence electrons. The summed E-state index contributed by atoms with van der Waals surface area (Å²) in [6.45, 7) is 1.35. The molecule has 0 saturated heterocycles. The Labute approximate surface area is 151 Å². The molecule has 4 nitrogen and oxygen atoms in total. The van der Waals surface area contributed by atoms with Crippen LogP contribution < -0.4 is 0 Å². The standard InChI is InChI=1S/C20H24O4S/c21-25(22)20(11-12-20)13-19(24-15-18-9-5-2-6-10-18)16-23-14-17-7-3-1-4-8-17/h1-10,19H,11-16H2,(H,21,22)/p-1/t19-/m1/s1. The maximum Gasteiger partial charge on any atom is 0.0826 e. The van der Waals surface area contributed by atoms with Crippen molar-refractivity contribution in [3.8, 4) is 0 Å². The first kappa shape index (κ1) is 18.3. The SMILES string of the molecule is O=S([O-])C1(C[C@H](COCc2ccccc2)OCc2ccccc2)CC1. The van der Waals surface area contributed by atoms with Gasteiger partial charge in [-0.3, -0.25) is 4.21 Å². The second kappa shape index (κ2) is 8.72. The van der Waals surface area contributed by atoms with E-state index in [4.69, 9.17) is 9.47 Å². The van der Waals surface area contributed by atoms with Crippen molar-refractivity contribution in [3.63, 3.8) is 0 Å². The molecule has 0 aromatic heterocycles. The summed E-state index contributed by atoms with van der Waals surface area (Å²) in [4.78, 5) is 0. The van der Waals surface area contributed by atoms with Crippen molar-refractivity contribution < 1.29 is 18.2 Å². The molecule has 2 atom stereocenters. The maximum absolute atomic E-state index is 11.5. The molecule has 2 aromatic rings. The summed E-state index contributed by atoms with van der Waals surface area (Å²) in [5.41, 5.74) is 2.17. The third-order valence-electron chi connectivity index (χ3n) is 4.50. The highest BCUT2D eigenvalue weighted by Gasteiger charge is 2.46. The van der Waals surface area contributed by atoms with Crippen molar-refractivity contribution in [2.45, 2.75) is 43.3 Å². The van der Waals surface area contributed by atoms with Gasteiger partial charge in [0.15, 0.2) is 0 Å². The van der Waals surface area contributed by atoms with Crippen LogP contribution in [0.2, 0.25) is 0 Å². The molecule has 0 bridgehead atoms. The molecule has 0 heterocycles. The molecule has 1 fully saturated rings. The molecule has 0 amide bonds. The average Bonchev–Trinajstić information content (AvgIpc) is 3.42. The van der Waals surface area contributed by atoms with Gasteiger partial charge >= 0.3 is 0 Å². The normalized spacial score (nSPS) is 17.8. The van der Waals surface area contributed by atoms with E-state index in [1.165, 1.54) is 0 Å². The van der Waals surface area contributed by atoms with Gasteiger partial charge in [-0.05, 0) is 41.5 Å². The number of rotatable bonds is 10. The molecule has 1 aliphatic carbocycles. The molecule has 5 heteroatoms. The largest absolute Gasteiger partial charge is 0.772 e. The number of hydrogen-bond acceptors (Lipinski definition) is 4. The molecule has 1 unspecified atom stereocenters. The summed E-state index contributed by atoms with van der Waals surface area (Å²) >= 11 is -2.06.